The van der Waals surface area contributed by atoms with Crippen LogP contribution in [0.5, 0.6) is 0 Å². The molecular weight excluding hydrogens is 721 g/mol. The summed E-state index contributed by atoms with van der Waals surface area (Å²) in [5.74, 6) is 0. The zero-order valence-corrected chi connectivity index (χ0v) is 32.7. The van der Waals surface area contributed by atoms with Crippen molar-refractivity contribution in [2.24, 2.45) is 0 Å². The van der Waals surface area contributed by atoms with Crippen molar-refractivity contribution in [1.29, 1.82) is 5.26 Å². The van der Waals surface area contributed by atoms with Crippen molar-refractivity contribution in [3.05, 3.63) is 222 Å². The van der Waals surface area contributed by atoms with E-state index in [0.717, 1.165) is 68.2 Å². The van der Waals surface area contributed by atoms with Gasteiger partial charge in [-0.3, -0.25) is 0 Å². The van der Waals surface area contributed by atoms with Crippen LogP contribution in [0.4, 0.5) is 73.9 Å². The fourth-order valence-electron chi connectivity index (χ4n) is 8.80. The molecule has 0 N–H and O–H groups in total. The number of anilines is 12. The molecule has 8 aromatic carbocycles. The lowest BCUT2D eigenvalue weighted by Crippen LogP contribution is -2.30. The van der Waals surface area contributed by atoms with E-state index in [9.17, 15) is 5.26 Å². The highest BCUT2D eigenvalue weighted by molar-refractivity contribution is 6.03. The second kappa shape index (κ2) is 14.2. The summed E-state index contributed by atoms with van der Waals surface area (Å²) in [6.07, 6.45) is 0. The summed E-state index contributed by atoms with van der Waals surface area (Å²) in [7, 11) is 0. The van der Waals surface area contributed by atoms with E-state index >= 15 is 0 Å². The molecule has 2 aliphatic heterocycles. The monoisotopic (exact) mass is 758 g/mol. The van der Waals surface area contributed by atoms with E-state index in [0.29, 0.717) is 11.3 Å². The molecule has 0 aromatic heterocycles. The predicted molar refractivity (Wildman–Crippen MR) is 242 cm³/mol. The molecular formula is C53H38N6. The molecule has 0 bridgehead atoms. The second-order valence-electron chi connectivity index (χ2n) is 15.3. The number of hydrogen-bond donors (Lipinski definition) is 0. The molecule has 6 heteroatoms. The van der Waals surface area contributed by atoms with Crippen molar-refractivity contribution in [2.45, 2.75) is 19.3 Å². The lowest BCUT2D eigenvalue weighted by molar-refractivity contribution is 0.632. The van der Waals surface area contributed by atoms with Crippen LogP contribution >= 0.6 is 0 Å². The van der Waals surface area contributed by atoms with E-state index < -0.39 is 0 Å². The first-order valence-corrected chi connectivity index (χ1v) is 19.7. The van der Waals surface area contributed by atoms with Gasteiger partial charge in [-0.05, 0) is 114 Å². The van der Waals surface area contributed by atoms with Crippen molar-refractivity contribution < 1.29 is 0 Å². The van der Waals surface area contributed by atoms with E-state index in [1.807, 2.05) is 48.5 Å². The van der Waals surface area contributed by atoms with Crippen LogP contribution in [-0.2, 0) is 5.41 Å². The molecule has 2 heterocycles. The van der Waals surface area contributed by atoms with Gasteiger partial charge in [0.05, 0.1) is 69.4 Å². The molecule has 0 atom stereocenters. The van der Waals surface area contributed by atoms with Crippen LogP contribution in [-0.4, -0.2) is 0 Å². The first-order valence-electron chi connectivity index (χ1n) is 19.7. The second-order valence-corrected chi connectivity index (χ2v) is 15.3. The number of rotatable bonds is 6. The smallest absolute Gasteiger partial charge is 0.187 e. The molecule has 0 amide bonds. The molecule has 59 heavy (non-hydrogen) atoms. The van der Waals surface area contributed by atoms with Gasteiger partial charge >= 0.3 is 0 Å². The standard InChI is InChI=1S/C53H38N6/c1-53(2)45-17-7-9-19-47(45)58(48-20-10-8-18-46(48)53)43-33-42(56(40-29-25-37(36-54)26-30-40)41-31-27-38(55-3)28-32-41)34-44(35-43)59-51-23-13-11-21-49(51)57(39-15-5-4-6-16-39)50-22-12-14-24-52(50)59/h4-35H,1-2H3. The Morgan fingerprint density at radius 3 is 1.34 bits per heavy atom. The number of para-hydroxylation sites is 7. The Kier molecular flexibility index (Phi) is 8.48. The summed E-state index contributed by atoms with van der Waals surface area (Å²) in [6.45, 7) is 12.3. The lowest BCUT2D eigenvalue weighted by atomic mass is 9.73. The van der Waals surface area contributed by atoms with Crippen LogP contribution < -0.4 is 19.6 Å². The van der Waals surface area contributed by atoms with Crippen LogP contribution in [0, 0.1) is 17.9 Å². The minimum atomic E-state index is -0.227. The normalized spacial score (nSPS) is 13.3. The molecule has 0 unspecified atom stereocenters. The Morgan fingerprint density at radius 1 is 0.458 bits per heavy atom. The number of nitrogens with zero attached hydrogens (tertiary/aromatic N) is 6. The SMILES string of the molecule is [C-]#[N+]c1ccc(N(c2ccc(C#N)cc2)c2cc(N3c4ccccc4N(c4ccccc4)c4ccccc43)cc(N3c4ccccc4C(C)(C)c4ccccc43)c2)cc1. The maximum atomic E-state index is 9.76. The maximum Gasteiger partial charge on any atom is 0.187 e. The summed E-state index contributed by atoms with van der Waals surface area (Å²) in [6, 6.07) is 69.7. The van der Waals surface area contributed by atoms with Crippen molar-refractivity contribution in [2.75, 3.05) is 19.6 Å². The van der Waals surface area contributed by atoms with Gasteiger partial charge in [0.25, 0.3) is 0 Å². The minimum Gasteiger partial charge on any atom is -0.310 e. The Hall–Kier alpha value is -8.06. The highest BCUT2D eigenvalue weighted by atomic mass is 15.3. The van der Waals surface area contributed by atoms with Crippen molar-refractivity contribution in [1.82, 2.24) is 0 Å². The zero-order valence-electron chi connectivity index (χ0n) is 32.7. The van der Waals surface area contributed by atoms with Gasteiger partial charge in [-0.1, -0.05) is 105 Å². The molecule has 8 aromatic rings. The summed E-state index contributed by atoms with van der Waals surface area (Å²) in [5.41, 5.74) is 15.6. The van der Waals surface area contributed by atoms with Crippen LogP contribution in [0.2, 0.25) is 0 Å². The van der Waals surface area contributed by atoms with Gasteiger partial charge in [0.1, 0.15) is 0 Å². The van der Waals surface area contributed by atoms with Gasteiger partial charge in [0.2, 0.25) is 0 Å². The third kappa shape index (κ3) is 5.86. The van der Waals surface area contributed by atoms with Gasteiger partial charge in [0, 0.05) is 22.5 Å². The number of nitriles is 1. The van der Waals surface area contributed by atoms with E-state index in [4.69, 9.17) is 6.57 Å². The highest BCUT2D eigenvalue weighted by Crippen LogP contribution is 2.57. The lowest BCUT2D eigenvalue weighted by Gasteiger charge is -2.43. The Morgan fingerprint density at radius 2 is 0.864 bits per heavy atom. The first-order chi connectivity index (χ1) is 28.9. The molecule has 10 rings (SSSR count). The van der Waals surface area contributed by atoms with Crippen molar-refractivity contribution in [3.63, 3.8) is 0 Å². The third-order valence-corrected chi connectivity index (χ3v) is 11.5. The van der Waals surface area contributed by atoms with Crippen molar-refractivity contribution in [3.8, 4) is 6.07 Å². The molecule has 0 aliphatic carbocycles. The van der Waals surface area contributed by atoms with Gasteiger partial charge in [0.15, 0.2) is 5.69 Å². The van der Waals surface area contributed by atoms with Gasteiger partial charge in [-0.15, -0.1) is 0 Å². The third-order valence-electron chi connectivity index (χ3n) is 11.5. The predicted octanol–water partition coefficient (Wildman–Crippen LogP) is 14.9. The largest absolute Gasteiger partial charge is 0.310 e. The van der Waals surface area contributed by atoms with E-state index in [1.54, 1.807) is 0 Å². The van der Waals surface area contributed by atoms with Crippen LogP contribution in [0.25, 0.3) is 4.85 Å². The summed E-state index contributed by atoms with van der Waals surface area (Å²) in [5, 5.41) is 9.76. The van der Waals surface area contributed by atoms with Gasteiger partial charge in [-0.2, -0.15) is 5.26 Å². The molecule has 280 valence electrons. The topological polar surface area (TPSA) is 41.1 Å². The average Bonchev–Trinajstić information content (AvgIpc) is 3.29. The van der Waals surface area contributed by atoms with E-state index in [1.165, 1.54) is 11.1 Å². The number of hydrogen-bond acceptors (Lipinski definition) is 5. The number of benzene rings is 8. The fourth-order valence-corrected chi connectivity index (χ4v) is 8.80. The van der Waals surface area contributed by atoms with E-state index in [-0.39, 0.29) is 5.41 Å². The molecule has 0 spiro atoms. The van der Waals surface area contributed by atoms with Gasteiger partial charge < -0.3 is 19.6 Å². The van der Waals surface area contributed by atoms with Crippen LogP contribution in [0.15, 0.2) is 194 Å². The fraction of sp³-hybridized carbons (Fsp3) is 0.0566. The summed E-state index contributed by atoms with van der Waals surface area (Å²) >= 11 is 0. The molecule has 0 radical (unpaired) electrons. The Bertz CT molecular complexity index is 2800. The highest BCUT2D eigenvalue weighted by Gasteiger charge is 2.37. The molecule has 2 aliphatic rings. The quantitative estimate of drug-likeness (QED) is 0.158. The molecule has 0 saturated carbocycles. The van der Waals surface area contributed by atoms with E-state index in [2.05, 4.69) is 190 Å². The summed E-state index contributed by atoms with van der Waals surface area (Å²) in [4.78, 5) is 13.0. The maximum absolute atomic E-state index is 9.76. The Balaban J connectivity index is 1.27. The van der Waals surface area contributed by atoms with Crippen LogP contribution in [0.1, 0.15) is 30.5 Å². The Labute approximate surface area is 345 Å². The first kappa shape index (κ1) is 35.4. The average molecular weight is 759 g/mol. The minimum absolute atomic E-state index is 0.227. The zero-order chi connectivity index (χ0) is 40.1. The van der Waals surface area contributed by atoms with Crippen molar-refractivity contribution >= 4 is 73.9 Å². The molecule has 6 nitrogen and oxygen atoms in total. The van der Waals surface area contributed by atoms with Gasteiger partial charge in [-0.25, -0.2) is 4.85 Å². The van der Waals surface area contributed by atoms with Crippen LogP contribution in [0.3, 0.4) is 0 Å². The molecule has 0 saturated heterocycles. The number of fused-ring (bicyclic) bond motifs is 4. The summed E-state index contributed by atoms with van der Waals surface area (Å²) < 4.78 is 0. The molecule has 0 fully saturated rings.